The van der Waals surface area contributed by atoms with Gasteiger partial charge in [0.05, 0.1) is 12.6 Å². The van der Waals surface area contributed by atoms with E-state index >= 15 is 0 Å². The maximum Gasteiger partial charge on any atom is 0.404 e. The fourth-order valence-electron chi connectivity index (χ4n) is 5.04. The zero-order chi connectivity index (χ0) is 29.6. The number of nitrogens with zero attached hydrogens (tertiary/aromatic N) is 4. The highest BCUT2D eigenvalue weighted by molar-refractivity contribution is 6.73. The average molecular weight is 572 g/mol. The first-order chi connectivity index (χ1) is 18.9. The number of hydrogen-bond donors (Lipinski definition) is 3. The summed E-state index contributed by atoms with van der Waals surface area (Å²) >= 11 is 0. The van der Waals surface area contributed by atoms with E-state index in [1.807, 2.05) is 17.0 Å². The summed E-state index contributed by atoms with van der Waals surface area (Å²) in [6.07, 6.45) is 0.488. The second-order valence-corrected chi connectivity index (χ2v) is 15.8. The SMILES string of the molecule is CC[Si](CC)(CC)O[C@@H]1C[C@H](OC(N)=O)CN(c2ncc(C(N)=O)c(Nc3cc(C(C)C)nc(C(C)C)c3)n2)C1. The van der Waals surface area contributed by atoms with Crippen molar-refractivity contribution in [1.29, 1.82) is 0 Å². The van der Waals surface area contributed by atoms with Crippen molar-refractivity contribution in [3.8, 4) is 0 Å². The van der Waals surface area contributed by atoms with Crippen LogP contribution in [0.25, 0.3) is 0 Å². The van der Waals surface area contributed by atoms with Crippen molar-refractivity contribution < 1.29 is 18.8 Å². The fraction of sp³-hybridized carbons (Fsp3) is 0.607. The highest BCUT2D eigenvalue weighted by Crippen LogP contribution is 2.30. The molecule has 2 aromatic rings. The van der Waals surface area contributed by atoms with Gasteiger partial charge in [0.15, 0.2) is 8.32 Å². The summed E-state index contributed by atoms with van der Waals surface area (Å²) in [6.45, 7) is 15.7. The van der Waals surface area contributed by atoms with Gasteiger partial charge in [0.2, 0.25) is 5.95 Å². The van der Waals surface area contributed by atoms with Gasteiger partial charge < -0.3 is 30.8 Å². The minimum Gasteiger partial charge on any atom is -0.444 e. The molecular weight excluding hydrogens is 526 g/mol. The highest BCUT2D eigenvalue weighted by atomic mass is 28.4. The van der Waals surface area contributed by atoms with Gasteiger partial charge in [-0.05, 0) is 42.1 Å². The predicted molar refractivity (Wildman–Crippen MR) is 160 cm³/mol. The third kappa shape index (κ3) is 7.69. The summed E-state index contributed by atoms with van der Waals surface area (Å²) in [5.74, 6) is 0.457. The van der Waals surface area contributed by atoms with Gasteiger partial charge in [0, 0.05) is 36.2 Å². The van der Waals surface area contributed by atoms with Crippen molar-refractivity contribution in [1.82, 2.24) is 15.0 Å². The quantitative estimate of drug-likeness (QED) is 0.297. The molecule has 0 aromatic carbocycles. The van der Waals surface area contributed by atoms with Crippen LogP contribution in [0.5, 0.6) is 0 Å². The van der Waals surface area contributed by atoms with Gasteiger partial charge in [-0.3, -0.25) is 9.78 Å². The molecule has 1 fully saturated rings. The first-order valence-corrected chi connectivity index (χ1v) is 16.8. The molecular formula is C28H45N7O4Si. The Morgan fingerprint density at radius 1 is 1.00 bits per heavy atom. The maximum absolute atomic E-state index is 12.3. The van der Waals surface area contributed by atoms with Crippen LogP contribution >= 0.6 is 0 Å². The van der Waals surface area contributed by atoms with Gasteiger partial charge in [0.1, 0.15) is 17.5 Å². The Kier molecular flexibility index (Phi) is 10.5. The molecule has 1 aliphatic heterocycles. The summed E-state index contributed by atoms with van der Waals surface area (Å²) in [4.78, 5) is 39.9. The number of amides is 2. The molecule has 220 valence electrons. The van der Waals surface area contributed by atoms with E-state index in [1.54, 1.807) is 0 Å². The van der Waals surface area contributed by atoms with Crippen molar-refractivity contribution >= 4 is 37.8 Å². The van der Waals surface area contributed by atoms with Crippen LogP contribution in [0.15, 0.2) is 18.3 Å². The number of pyridine rings is 1. The van der Waals surface area contributed by atoms with E-state index in [4.69, 9.17) is 30.6 Å². The third-order valence-corrected chi connectivity index (χ3v) is 12.3. The van der Waals surface area contributed by atoms with Crippen molar-refractivity contribution in [3.05, 3.63) is 35.3 Å². The lowest BCUT2D eigenvalue weighted by atomic mass is 10.0. The molecule has 5 N–H and O–H groups in total. The van der Waals surface area contributed by atoms with Crippen LogP contribution in [0.2, 0.25) is 18.1 Å². The normalized spacial score (nSPS) is 17.8. The van der Waals surface area contributed by atoms with E-state index in [2.05, 4.69) is 58.8 Å². The Labute approximate surface area is 238 Å². The Morgan fingerprint density at radius 3 is 2.08 bits per heavy atom. The van der Waals surface area contributed by atoms with Crippen LogP contribution in [0.3, 0.4) is 0 Å². The predicted octanol–water partition coefficient (Wildman–Crippen LogP) is 5.03. The summed E-state index contributed by atoms with van der Waals surface area (Å²) in [7, 11) is -1.94. The minimum absolute atomic E-state index is 0.168. The molecule has 11 nitrogen and oxygen atoms in total. The Morgan fingerprint density at radius 2 is 1.57 bits per heavy atom. The second-order valence-electron chi connectivity index (χ2n) is 11.1. The van der Waals surface area contributed by atoms with E-state index in [0.29, 0.717) is 31.3 Å². The molecule has 40 heavy (non-hydrogen) atoms. The van der Waals surface area contributed by atoms with Gasteiger partial charge >= 0.3 is 6.09 Å². The molecule has 1 saturated heterocycles. The van der Waals surface area contributed by atoms with Crippen molar-refractivity contribution in [2.24, 2.45) is 11.5 Å². The molecule has 0 bridgehead atoms. The number of piperidine rings is 1. The number of hydrogen-bond acceptors (Lipinski definition) is 9. The zero-order valence-corrected chi connectivity index (χ0v) is 25.9. The lowest BCUT2D eigenvalue weighted by molar-refractivity contribution is 0.0516. The Hall–Kier alpha value is -3.25. The summed E-state index contributed by atoms with van der Waals surface area (Å²) < 4.78 is 12.2. The molecule has 0 aliphatic carbocycles. The molecule has 0 saturated carbocycles. The molecule has 3 heterocycles. The van der Waals surface area contributed by atoms with Crippen LogP contribution in [0, 0.1) is 0 Å². The van der Waals surface area contributed by atoms with Gasteiger partial charge in [0.25, 0.3) is 5.91 Å². The number of ether oxygens (including phenoxy) is 1. The van der Waals surface area contributed by atoms with E-state index in [1.165, 1.54) is 6.20 Å². The molecule has 2 amide bonds. The van der Waals surface area contributed by atoms with Gasteiger partial charge in [-0.2, -0.15) is 4.98 Å². The number of carbonyl (C=O) groups excluding carboxylic acids is 2. The number of carbonyl (C=O) groups is 2. The van der Waals surface area contributed by atoms with Crippen LogP contribution in [0.4, 0.5) is 22.2 Å². The van der Waals surface area contributed by atoms with Crippen LogP contribution in [-0.2, 0) is 9.16 Å². The lowest BCUT2D eigenvalue weighted by Crippen LogP contribution is -2.53. The highest BCUT2D eigenvalue weighted by Gasteiger charge is 2.38. The molecule has 2 atom stereocenters. The van der Waals surface area contributed by atoms with Crippen molar-refractivity contribution in [2.75, 3.05) is 23.3 Å². The number of primary amides is 2. The molecule has 0 radical (unpaired) electrons. The summed E-state index contributed by atoms with van der Waals surface area (Å²) in [5.41, 5.74) is 13.9. The number of aromatic nitrogens is 3. The topological polar surface area (TPSA) is 159 Å². The van der Waals surface area contributed by atoms with E-state index in [9.17, 15) is 9.59 Å². The first-order valence-electron chi connectivity index (χ1n) is 14.2. The van der Waals surface area contributed by atoms with Gasteiger partial charge in [-0.15, -0.1) is 0 Å². The average Bonchev–Trinajstić information content (AvgIpc) is 2.91. The Bertz CT molecular complexity index is 1150. The standard InChI is InChI=1S/C28H45N7O4Si/c1-8-40(9-2,10-3)39-21-13-20(38-27(30)37)15-35(16-21)28-31-14-22(25(29)36)26(34-28)32-19-11-23(17(4)5)33-24(12-19)18(6)7/h11-12,14,17-18,20-21H,8-10,13,15-16H2,1-7H3,(H2,29,36)(H2,30,37)(H,31,32,33,34)/t20-,21+/m0/s1. The second kappa shape index (κ2) is 13.4. The van der Waals surface area contributed by atoms with Crippen molar-refractivity contribution in [3.63, 3.8) is 0 Å². The smallest absolute Gasteiger partial charge is 0.404 e. The number of nitrogens with two attached hydrogens (primary N) is 2. The Balaban J connectivity index is 1.99. The van der Waals surface area contributed by atoms with Crippen LogP contribution in [0.1, 0.15) is 88.5 Å². The van der Waals surface area contributed by atoms with Crippen LogP contribution < -0.4 is 21.7 Å². The lowest BCUT2D eigenvalue weighted by Gasteiger charge is -2.41. The first kappa shape index (κ1) is 31.3. The molecule has 12 heteroatoms. The summed E-state index contributed by atoms with van der Waals surface area (Å²) in [5, 5.41) is 3.30. The van der Waals surface area contributed by atoms with E-state index < -0.39 is 26.4 Å². The molecule has 0 spiro atoms. The van der Waals surface area contributed by atoms with Crippen LogP contribution in [-0.4, -0.2) is 60.6 Å². The number of nitrogens with one attached hydrogen (secondary N) is 1. The monoisotopic (exact) mass is 571 g/mol. The molecule has 2 aromatic heterocycles. The van der Waals surface area contributed by atoms with E-state index in [-0.39, 0.29) is 23.5 Å². The summed E-state index contributed by atoms with van der Waals surface area (Å²) in [6, 6.07) is 6.90. The van der Waals surface area contributed by atoms with Gasteiger partial charge in [-0.25, -0.2) is 9.78 Å². The van der Waals surface area contributed by atoms with E-state index in [0.717, 1.165) is 35.2 Å². The fourth-order valence-corrected chi connectivity index (χ4v) is 7.91. The number of anilines is 3. The minimum atomic E-state index is -1.94. The molecule has 0 unspecified atom stereocenters. The zero-order valence-electron chi connectivity index (χ0n) is 24.9. The van der Waals surface area contributed by atoms with Gasteiger partial charge in [-0.1, -0.05) is 48.5 Å². The molecule has 3 rings (SSSR count). The maximum atomic E-state index is 12.3. The van der Waals surface area contributed by atoms with Crippen molar-refractivity contribution in [2.45, 2.75) is 97.1 Å². The number of rotatable bonds is 12. The third-order valence-electron chi connectivity index (χ3n) is 7.64. The largest absolute Gasteiger partial charge is 0.444 e. The molecule has 1 aliphatic rings.